The molecule has 1 heterocycles. The van der Waals surface area contributed by atoms with Crippen LogP contribution in [0.3, 0.4) is 0 Å². The van der Waals surface area contributed by atoms with Gasteiger partial charge in [-0.15, -0.1) is 0 Å². The molecule has 96 valence electrons. The van der Waals surface area contributed by atoms with Gasteiger partial charge in [0.15, 0.2) is 0 Å². The van der Waals surface area contributed by atoms with Gasteiger partial charge in [-0.05, 0) is 24.6 Å². The molecule has 3 rings (SSSR count). The van der Waals surface area contributed by atoms with Crippen LogP contribution in [0.15, 0.2) is 48.5 Å². The van der Waals surface area contributed by atoms with Crippen LogP contribution in [-0.4, -0.2) is 13.0 Å². The second-order valence-corrected chi connectivity index (χ2v) is 4.82. The third kappa shape index (κ3) is 1.55. The van der Waals surface area contributed by atoms with Gasteiger partial charge in [0, 0.05) is 11.3 Å². The molecule has 0 fully saturated rings. The summed E-state index contributed by atoms with van der Waals surface area (Å²) in [5, 5.41) is 2.94. The summed E-state index contributed by atoms with van der Waals surface area (Å²) in [5.41, 5.74) is 2.05. The Labute approximate surface area is 112 Å². The number of rotatable bonds is 2. The summed E-state index contributed by atoms with van der Waals surface area (Å²) in [7, 11) is 1.63. The van der Waals surface area contributed by atoms with E-state index in [4.69, 9.17) is 4.74 Å². The quantitative estimate of drug-likeness (QED) is 0.893. The summed E-state index contributed by atoms with van der Waals surface area (Å²) >= 11 is 0. The first-order valence-electron chi connectivity index (χ1n) is 6.22. The molecule has 2 aromatic carbocycles. The predicted molar refractivity (Wildman–Crippen MR) is 74.5 cm³/mol. The number of ether oxygens (including phenoxy) is 1. The first kappa shape index (κ1) is 11.8. The van der Waals surface area contributed by atoms with E-state index in [-0.39, 0.29) is 5.91 Å². The minimum absolute atomic E-state index is 0.0156. The molecule has 1 aliphatic heterocycles. The molecule has 1 unspecified atom stereocenters. The smallest absolute Gasteiger partial charge is 0.239 e. The zero-order chi connectivity index (χ0) is 13.5. The van der Waals surface area contributed by atoms with E-state index in [1.165, 1.54) is 0 Å². The van der Waals surface area contributed by atoms with Gasteiger partial charge in [0.2, 0.25) is 5.91 Å². The number of carbonyl (C=O) groups excluding carboxylic acids is 1. The molecule has 2 aromatic rings. The highest BCUT2D eigenvalue weighted by atomic mass is 16.5. The average molecular weight is 253 g/mol. The summed E-state index contributed by atoms with van der Waals surface area (Å²) in [6.07, 6.45) is 0. The van der Waals surface area contributed by atoms with Gasteiger partial charge in [0.25, 0.3) is 0 Å². The summed E-state index contributed by atoms with van der Waals surface area (Å²) in [6, 6.07) is 15.4. The molecule has 0 radical (unpaired) electrons. The fraction of sp³-hybridized carbons (Fsp3) is 0.188. The zero-order valence-corrected chi connectivity index (χ0v) is 10.9. The molecule has 0 spiro atoms. The number of nitrogens with one attached hydrogen (secondary N) is 1. The van der Waals surface area contributed by atoms with Gasteiger partial charge in [-0.25, -0.2) is 0 Å². The standard InChI is InChI=1S/C16H15NO2/c1-16(12-8-4-6-10-14(12)19-2)11-7-3-5-9-13(11)17-15(16)18/h3-10H,1-2H3,(H,17,18). The van der Waals surface area contributed by atoms with Crippen LogP contribution in [0.4, 0.5) is 5.69 Å². The van der Waals surface area contributed by atoms with E-state index in [0.29, 0.717) is 0 Å². The van der Waals surface area contributed by atoms with Gasteiger partial charge >= 0.3 is 0 Å². The highest BCUT2D eigenvalue weighted by Gasteiger charge is 2.45. The highest BCUT2D eigenvalue weighted by Crippen LogP contribution is 2.45. The third-order valence-corrected chi connectivity index (χ3v) is 3.81. The Morgan fingerprint density at radius 3 is 2.37 bits per heavy atom. The molecule has 1 atom stereocenters. The van der Waals surface area contributed by atoms with Crippen molar-refractivity contribution in [2.45, 2.75) is 12.3 Å². The predicted octanol–water partition coefficient (Wildman–Crippen LogP) is 2.95. The Balaban J connectivity index is 2.26. The fourth-order valence-corrected chi connectivity index (χ4v) is 2.72. The summed E-state index contributed by atoms with van der Waals surface area (Å²) in [5.74, 6) is 0.718. The summed E-state index contributed by atoms with van der Waals surface area (Å²) < 4.78 is 5.41. The third-order valence-electron chi connectivity index (χ3n) is 3.81. The maximum absolute atomic E-state index is 12.5. The van der Waals surface area contributed by atoms with Crippen LogP contribution in [0.5, 0.6) is 5.75 Å². The molecule has 0 bridgehead atoms. The second-order valence-electron chi connectivity index (χ2n) is 4.82. The van der Waals surface area contributed by atoms with Crippen molar-refractivity contribution in [1.29, 1.82) is 0 Å². The maximum atomic E-state index is 12.5. The van der Waals surface area contributed by atoms with E-state index in [1.807, 2.05) is 55.5 Å². The molecular weight excluding hydrogens is 238 g/mol. The van der Waals surface area contributed by atoms with Crippen LogP contribution in [0.1, 0.15) is 18.1 Å². The van der Waals surface area contributed by atoms with E-state index in [9.17, 15) is 4.79 Å². The van der Waals surface area contributed by atoms with E-state index in [1.54, 1.807) is 7.11 Å². The van der Waals surface area contributed by atoms with Crippen LogP contribution >= 0.6 is 0 Å². The molecule has 3 nitrogen and oxygen atoms in total. The Hall–Kier alpha value is -2.29. The number of methoxy groups -OCH3 is 1. The summed E-state index contributed by atoms with van der Waals surface area (Å²) in [6.45, 7) is 1.94. The minimum atomic E-state index is -0.705. The van der Waals surface area contributed by atoms with E-state index in [2.05, 4.69) is 5.32 Å². The number of benzene rings is 2. The Morgan fingerprint density at radius 2 is 1.63 bits per heavy atom. The Bertz CT molecular complexity index is 651. The Kier molecular flexibility index (Phi) is 2.56. The molecule has 19 heavy (non-hydrogen) atoms. The van der Waals surface area contributed by atoms with Crippen molar-refractivity contribution in [2.75, 3.05) is 12.4 Å². The normalized spacial score (nSPS) is 20.8. The Morgan fingerprint density at radius 1 is 1.00 bits per heavy atom. The lowest BCUT2D eigenvalue weighted by Crippen LogP contribution is -2.32. The van der Waals surface area contributed by atoms with Gasteiger partial charge in [0.1, 0.15) is 11.2 Å². The number of carbonyl (C=O) groups is 1. The molecule has 1 aliphatic rings. The van der Waals surface area contributed by atoms with Crippen molar-refractivity contribution < 1.29 is 9.53 Å². The van der Waals surface area contributed by atoms with Crippen molar-refractivity contribution in [2.24, 2.45) is 0 Å². The first-order valence-corrected chi connectivity index (χ1v) is 6.22. The van der Waals surface area contributed by atoms with E-state index < -0.39 is 5.41 Å². The number of fused-ring (bicyclic) bond motifs is 1. The molecule has 0 aliphatic carbocycles. The summed E-state index contributed by atoms with van der Waals surface area (Å²) in [4.78, 5) is 12.5. The lowest BCUT2D eigenvalue weighted by atomic mass is 9.77. The molecule has 0 saturated carbocycles. The SMILES string of the molecule is COc1ccccc1C1(C)C(=O)Nc2ccccc21. The lowest BCUT2D eigenvalue weighted by molar-refractivity contribution is -0.119. The topological polar surface area (TPSA) is 38.3 Å². The number of para-hydroxylation sites is 2. The van der Waals surface area contributed by atoms with Crippen molar-refractivity contribution >= 4 is 11.6 Å². The van der Waals surface area contributed by atoms with Gasteiger partial charge < -0.3 is 10.1 Å². The van der Waals surface area contributed by atoms with Crippen LogP contribution in [0.25, 0.3) is 0 Å². The van der Waals surface area contributed by atoms with Crippen LogP contribution < -0.4 is 10.1 Å². The fourth-order valence-electron chi connectivity index (χ4n) is 2.72. The zero-order valence-electron chi connectivity index (χ0n) is 10.9. The second kappa shape index (κ2) is 4.12. The van der Waals surface area contributed by atoms with Crippen LogP contribution in [0, 0.1) is 0 Å². The molecule has 1 amide bonds. The van der Waals surface area contributed by atoms with Crippen LogP contribution in [0.2, 0.25) is 0 Å². The van der Waals surface area contributed by atoms with Crippen molar-refractivity contribution in [3.63, 3.8) is 0 Å². The molecule has 0 saturated heterocycles. The van der Waals surface area contributed by atoms with Crippen LogP contribution in [-0.2, 0) is 10.2 Å². The van der Waals surface area contributed by atoms with Gasteiger partial charge in [0.05, 0.1) is 7.11 Å². The van der Waals surface area contributed by atoms with Crippen molar-refractivity contribution in [3.05, 3.63) is 59.7 Å². The largest absolute Gasteiger partial charge is 0.496 e. The van der Waals surface area contributed by atoms with Gasteiger partial charge in [-0.2, -0.15) is 0 Å². The number of hydrogen-bond donors (Lipinski definition) is 1. The number of hydrogen-bond acceptors (Lipinski definition) is 2. The molecule has 3 heteroatoms. The lowest BCUT2D eigenvalue weighted by Gasteiger charge is -2.24. The van der Waals surface area contributed by atoms with Crippen molar-refractivity contribution in [1.82, 2.24) is 0 Å². The maximum Gasteiger partial charge on any atom is 0.239 e. The van der Waals surface area contributed by atoms with Crippen molar-refractivity contribution in [3.8, 4) is 5.75 Å². The van der Waals surface area contributed by atoms with Gasteiger partial charge in [-0.3, -0.25) is 4.79 Å². The first-order chi connectivity index (χ1) is 9.17. The minimum Gasteiger partial charge on any atom is -0.496 e. The monoisotopic (exact) mass is 253 g/mol. The van der Waals surface area contributed by atoms with E-state index >= 15 is 0 Å². The van der Waals surface area contributed by atoms with Gasteiger partial charge in [-0.1, -0.05) is 36.4 Å². The number of anilines is 1. The molecular formula is C16H15NO2. The molecule has 1 N–H and O–H groups in total. The molecule has 0 aromatic heterocycles. The average Bonchev–Trinajstić information content (AvgIpc) is 2.72. The number of amides is 1. The van der Waals surface area contributed by atoms with E-state index in [0.717, 1.165) is 22.6 Å². The highest BCUT2D eigenvalue weighted by molar-refractivity contribution is 6.08.